The first-order chi connectivity index (χ1) is 11.2. The quantitative estimate of drug-likeness (QED) is 0.243. The molecule has 0 N–H and O–H groups in total. The topological polar surface area (TPSA) is 0 Å². The molecule has 0 aliphatic heterocycles. The zero-order valence-corrected chi connectivity index (χ0v) is 15.9. The third-order valence-electron chi connectivity index (χ3n) is 2.41. The van der Waals surface area contributed by atoms with Crippen molar-refractivity contribution in [2.24, 2.45) is 0 Å². The van der Waals surface area contributed by atoms with Crippen LogP contribution in [0.2, 0.25) is 0 Å². The van der Waals surface area contributed by atoms with E-state index in [-0.39, 0.29) is 0 Å². The number of hydrogen-bond acceptors (Lipinski definition) is 0. The first-order valence-electron chi connectivity index (χ1n) is 7.65. The molecule has 0 bridgehead atoms. The minimum absolute atomic E-state index is 1.23. The molecule has 0 unspecified atom stereocenters. The van der Waals surface area contributed by atoms with Gasteiger partial charge in [0.1, 0.15) is 0 Å². The van der Waals surface area contributed by atoms with Crippen molar-refractivity contribution in [3.8, 4) is 0 Å². The van der Waals surface area contributed by atoms with Gasteiger partial charge >= 0.3 is 0 Å². The van der Waals surface area contributed by atoms with Crippen molar-refractivity contribution < 1.29 is 0 Å². The van der Waals surface area contributed by atoms with Crippen LogP contribution >= 0.6 is 0 Å². The van der Waals surface area contributed by atoms with E-state index in [4.69, 9.17) is 0 Å². The highest BCUT2D eigenvalue weighted by molar-refractivity contribution is 7.83. The molecule has 1 rings (SSSR count). The van der Waals surface area contributed by atoms with Crippen LogP contribution < -0.4 is 0 Å². The molecule has 124 valence electrons. The Labute approximate surface area is 147 Å². The second-order valence-electron chi connectivity index (χ2n) is 4.33. The lowest BCUT2D eigenvalue weighted by molar-refractivity contribution is 1.38. The predicted octanol–water partition coefficient (Wildman–Crippen LogP) is 6.76. The van der Waals surface area contributed by atoms with Crippen LogP contribution in [0.4, 0.5) is 0 Å². The van der Waals surface area contributed by atoms with Gasteiger partial charge in [0.25, 0.3) is 0 Å². The van der Waals surface area contributed by atoms with E-state index >= 15 is 0 Å². The lowest BCUT2D eigenvalue weighted by Crippen LogP contribution is -1.85. The summed E-state index contributed by atoms with van der Waals surface area (Å²) in [6, 6.07) is 8.61. The van der Waals surface area contributed by atoms with Crippen LogP contribution in [0.1, 0.15) is 26.3 Å². The summed E-state index contributed by atoms with van der Waals surface area (Å²) in [6.07, 6.45) is 16.0. The fourth-order valence-corrected chi connectivity index (χ4v) is 2.41. The second kappa shape index (κ2) is 18.1. The average molecular weight is 328 g/mol. The van der Waals surface area contributed by atoms with E-state index in [2.05, 4.69) is 63.1 Å². The Bertz CT molecular complexity index is 503. The van der Waals surface area contributed by atoms with E-state index in [1.165, 1.54) is 27.1 Å². The third kappa shape index (κ3) is 14.7. The van der Waals surface area contributed by atoms with Crippen molar-refractivity contribution in [3.05, 3.63) is 103 Å². The molecule has 0 saturated heterocycles. The maximum Gasteiger partial charge on any atom is 0.158 e. The Balaban J connectivity index is 0. The number of aryl methyl sites for hydroxylation is 1. The van der Waals surface area contributed by atoms with Gasteiger partial charge in [-0.05, 0) is 52.0 Å². The first-order valence-corrected chi connectivity index (χ1v) is 8.55. The largest absolute Gasteiger partial charge is 0.158 e. The van der Waals surface area contributed by atoms with Gasteiger partial charge in [-0.25, -0.2) is 0 Å². The predicted molar refractivity (Wildman–Crippen MR) is 112 cm³/mol. The molecule has 0 amide bonds. The highest BCUT2D eigenvalue weighted by atomic mass is 32.2. The van der Waals surface area contributed by atoms with Gasteiger partial charge < -0.3 is 0 Å². The van der Waals surface area contributed by atoms with Gasteiger partial charge in [0.15, 0.2) is 9.80 Å². The summed E-state index contributed by atoms with van der Waals surface area (Å²) >= 11 is 1.23. The molecule has 0 aliphatic rings. The highest BCUT2D eigenvalue weighted by Crippen LogP contribution is 2.12. The van der Waals surface area contributed by atoms with Gasteiger partial charge in [-0.15, -0.1) is 13.2 Å². The molecular weight excluding hydrogens is 296 g/mol. The molecule has 0 atom stereocenters. The SMILES string of the molecule is C/C=C\C=C/C.C=C.C=C/C=C(\C=C/C)[SH+]c1ccc(C)cc1. The normalized spacial score (nSPS) is 11.0. The minimum atomic E-state index is 1.23. The van der Waals surface area contributed by atoms with E-state index in [1.54, 1.807) is 0 Å². The number of thiol groups is 1. The molecule has 1 heteroatoms. The third-order valence-corrected chi connectivity index (χ3v) is 3.53. The van der Waals surface area contributed by atoms with Gasteiger partial charge in [-0.3, -0.25) is 0 Å². The summed E-state index contributed by atoms with van der Waals surface area (Å²) in [4.78, 5) is 2.57. The summed E-state index contributed by atoms with van der Waals surface area (Å²) < 4.78 is 0. The minimum Gasteiger partial charge on any atom is -0.106 e. The van der Waals surface area contributed by atoms with Crippen molar-refractivity contribution in [2.45, 2.75) is 32.6 Å². The van der Waals surface area contributed by atoms with Gasteiger partial charge in [-0.1, -0.05) is 60.7 Å². The molecule has 1 aromatic rings. The van der Waals surface area contributed by atoms with Crippen LogP contribution in [-0.4, -0.2) is 0 Å². The Morgan fingerprint density at radius 2 is 1.43 bits per heavy atom. The van der Waals surface area contributed by atoms with E-state index < -0.39 is 0 Å². The molecule has 0 aromatic heterocycles. The van der Waals surface area contributed by atoms with Crippen molar-refractivity contribution >= 4 is 11.8 Å². The highest BCUT2D eigenvalue weighted by Gasteiger charge is 2.05. The summed E-state index contributed by atoms with van der Waals surface area (Å²) in [6.45, 7) is 17.9. The van der Waals surface area contributed by atoms with Gasteiger partial charge in [-0.2, -0.15) is 0 Å². The lowest BCUT2D eigenvalue weighted by atomic mass is 10.2. The van der Waals surface area contributed by atoms with Gasteiger partial charge in [0, 0.05) is 11.8 Å². The number of hydrogen-bond donors (Lipinski definition) is 0. The Kier molecular flexibility index (Phi) is 18.3. The molecule has 0 spiro atoms. The summed E-state index contributed by atoms with van der Waals surface area (Å²) in [7, 11) is 0. The monoisotopic (exact) mass is 327 g/mol. The average Bonchev–Trinajstić information content (AvgIpc) is 2.58. The first kappa shape index (κ1) is 23.3. The standard InChI is InChI=1S/C14H16S.C6H10.C2H4/c1-4-6-13(7-5-2)15-14-10-8-12(3)9-11-14;1-3-5-6-4-2;1-2/h4-11H,1H2,2-3H3;3-6H,1-2H3;1-2H2/p+1/b7-5-,13-6+;5-3-,6-4-;. The summed E-state index contributed by atoms with van der Waals surface area (Å²) in [5.41, 5.74) is 1.30. The van der Waals surface area contributed by atoms with Crippen LogP contribution in [0.5, 0.6) is 0 Å². The summed E-state index contributed by atoms with van der Waals surface area (Å²) in [5.74, 6) is 0. The molecule has 1 aromatic carbocycles. The number of benzene rings is 1. The van der Waals surface area contributed by atoms with E-state index in [9.17, 15) is 0 Å². The van der Waals surface area contributed by atoms with Crippen LogP contribution in [0.25, 0.3) is 0 Å². The Morgan fingerprint density at radius 1 is 0.913 bits per heavy atom. The zero-order valence-electron chi connectivity index (χ0n) is 15.0. The maximum absolute atomic E-state index is 3.72. The second-order valence-corrected chi connectivity index (χ2v) is 5.58. The molecular formula is C22H31S+. The van der Waals surface area contributed by atoms with Crippen molar-refractivity contribution in [1.29, 1.82) is 0 Å². The van der Waals surface area contributed by atoms with Gasteiger partial charge in [0.2, 0.25) is 0 Å². The molecule has 0 heterocycles. The number of rotatable bonds is 5. The van der Waals surface area contributed by atoms with Crippen LogP contribution in [-0.2, 0) is 11.8 Å². The molecule has 0 saturated carbocycles. The fourth-order valence-electron chi connectivity index (χ4n) is 1.41. The molecule has 23 heavy (non-hydrogen) atoms. The maximum atomic E-state index is 3.72. The van der Waals surface area contributed by atoms with E-state index in [0.29, 0.717) is 0 Å². The number of allylic oxidation sites excluding steroid dienone is 8. The molecule has 0 radical (unpaired) electrons. The van der Waals surface area contributed by atoms with E-state index in [1.807, 2.05) is 57.2 Å². The molecule has 0 nitrogen and oxygen atoms in total. The lowest BCUT2D eigenvalue weighted by Gasteiger charge is -1.93. The smallest absolute Gasteiger partial charge is 0.106 e. The van der Waals surface area contributed by atoms with Crippen LogP contribution in [0, 0.1) is 6.92 Å². The molecule has 0 aliphatic carbocycles. The molecule has 0 fully saturated rings. The zero-order chi connectivity index (χ0) is 17.9. The Morgan fingerprint density at radius 3 is 1.83 bits per heavy atom. The Hall–Kier alpha value is -1.99. The van der Waals surface area contributed by atoms with Crippen molar-refractivity contribution in [2.75, 3.05) is 0 Å². The van der Waals surface area contributed by atoms with Crippen LogP contribution in [0.3, 0.4) is 0 Å². The van der Waals surface area contributed by atoms with E-state index in [0.717, 1.165) is 0 Å². The van der Waals surface area contributed by atoms with Crippen molar-refractivity contribution in [1.82, 2.24) is 0 Å². The van der Waals surface area contributed by atoms with Crippen molar-refractivity contribution in [3.63, 3.8) is 0 Å². The van der Waals surface area contributed by atoms with Crippen LogP contribution in [0.15, 0.2) is 102 Å². The summed E-state index contributed by atoms with van der Waals surface area (Å²) in [5, 5.41) is 0. The van der Waals surface area contributed by atoms with Gasteiger partial charge in [0.05, 0.1) is 0 Å². The fraction of sp³-hybridized carbons (Fsp3) is 0.182.